The molecular weight excluding hydrogens is 382 g/mol. The van der Waals surface area contributed by atoms with Gasteiger partial charge in [-0.05, 0) is 30.3 Å². The molecule has 1 fully saturated rings. The number of para-hydroxylation sites is 1. The lowest BCUT2D eigenvalue weighted by Gasteiger charge is -2.27. The average molecular weight is 405 g/mol. The highest BCUT2D eigenvalue weighted by Crippen LogP contribution is 2.22. The quantitative estimate of drug-likeness (QED) is 0.483. The average Bonchev–Trinajstić information content (AvgIpc) is 3.15. The normalized spacial score (nSPS) is 14.4. The minimum Gasteiger partial charge on any atom is -0.465 e. The van der Waals surface area contributed by atoms with Crippen molar-refractivity contribution in [3.63, 3.8) is 0 Å². The smallest absolute Gasteiger partial charge is 0.337 e. The van der Waals surface area contributed by atoms with Gasteiger partial charge in [-0.3, -0.25) is 9.79 Å². The summed E-state index contributed by atoms with van der Waals surface area (Å²) in [5.41, 5.74) is 3.12. The molecule has 2 aromatic carbocycles. The molecule has 30 heavy (non-hydrogen) atoms. The molecule has 0 aliphatic carbocycles. The first kappa shape index (κ1) is 19.8. The van der Waals surface area contributed by atoms with E-state index in [2.05, 4.69) is 4.99 Å². The van der Waals surface area contributed by atoms with Gasteiger partial charge >= 0.3 is 5.97 Å². The number of carbonyl (C=O) groups is 2. The van der Waals surface area contributed by atoms with Gasteiger partial charge in [0, 0.05) is 42.0 Å². The number of aliphatic imine (C=N–C) groups is 1. The van der Waals surface area contributed by atoms with E-state index in [1.54, 1.807) is 30.5 Å². The van der Waals surface area contributed by atoms with Crippen LogP contribution >= 0.6 is 0 Å². The summed E-state index contributed by atoms with van der Waals surface area (Å²) in [7, 11) is 1.36. The first-order chi connectivity index (χ1) is 14.7. The van der Waals surface area contributed by atoms with Gasteiger partial charge in [0.2, 0.25) is 5.91 Å². The number of fused-ring (bicyclic) bond motifs is 1. The third-order valence-electron chi connectivity index (χ3n) is 5.13. The molecule has 0 unspecified atom stereocenters. The first-order valence-corrected chi connectivity index (χ1v) is 9.81. The van der Waals surface area contributed by atoms with Gasteiger partial charge < -0.3 is 18.9 Å². The van der Waals surface area contributed by atoms with Crippen molar-refractivity contribution in [3.05, 3.63) is 65.9 Å². The third kappa shape index (κ3) is 4.26. The van der Waals surface area contributed by atoms with Crippen LogP contribution in [-0.4, -0.2) is 61.0 Å². The highest BCUT2D eigenvalue weighted by atomic mass is 16.5. The Bertz CT molecular complexity index is 1080. The number of esters is 1. The molecule has 2 heterocycles. The van der Waals surface area contributed by atoms with Crippen LogP contribution in [0.5, 0.6) is 0 Å². The Morgan fingerprint density at radius 1 is 1.10 bits per heavy atom. The number of methoxy groups -OCH3 is 1. The summed E-state index contributed by atoms with van der Waals surface area (Å²) in [6, 6.07) is 14.9. The number of rotatable bonds is 5. The molecule has 1 saturated heterocycles. The van der Waals surface area contributed by atoms with E-state index in [1.165, 1.54) is 7.11 Å². The van der Waals surface area contributed by atoms with Crippen LogP contribution in [0.25, 0.3) is 10.9 Å². The molecule has 7 nitrogen and oxygen atoms in total. The van der Waals surface area contributed by atoms with Crippen LogP contribution in [-0.2, 0) is 20.8 Å². The highest BCUT2D eigenvalue weighted by molar-refractivity contribution is 6.00. The Kier molecular flexibility index (Phi) is 5.90. The third-order valence-corrected chi connectivity index (χ3v) is 5.13. The van der Waals surface area contributed by atoms with E-state index in [0.717, 1.165) is 22.2 Å². The highest BCUT2D eigenvalue weighted by Gasteiger charge is 2.18. The lowest BCUT2D eigenvalue weighted by molar-refractivity contribution is -0.135. The summed E-state index contributed by atoms with van der Waals surface area (Å²) >= 11 is 0. The van der Waals surface area contributed by atoms with E-state index in [1.807, 2.05) is 39.9 Å². The molecular formula is C23H23N3O4. The van der Waals surface area contributed by atoms with E-state index >= 15 is 0 Å². The van der Waals surface area contributed by atoms with Crippen molar-refractivity contribution in [3.8, 4) is 0 Å². The molecule has 0 atom stereocenters. The Hall–Kier alpha value is -3.45. The Morgan fingerprint density at radius 3 is 2.57 bits per heavy atom. The minimum atomic E-state index is -0.376. The van der Waals surface area contributed by atoms with Crippen molar-refractivity contribution in [1.82, 2.24) is 9.47 Å². The second kappa shape index (κ2) is 8.92. The minimum absolute atomic E-state index is 0.0842. The lowest BCUT2D eigenvalue weighted by atomic mass is 10.2. The van der Waals surface area contributed by atoms with E-state index < -0.39 is 0 Å². The summed E-state index contributed by atoms with van der Waals surface area (Å²) in [6.45, 7) is 2.72. The molecule has 1 aliphatic heterocycles. The largest absolute Gasteiger partial charge is 0.465 e. The molecule has 0 saturated carbocycles. The Morgan fingerprint density at radius 2 is 1.83 bits per heavy atom. The van der Waals surface area contributed by atoms with Gasteiger partial charge in [-0.15, -0.1) is 0 Å². The Balaban J connectivity index is 1.56. The van der Waals surface area contributed by atoms with Crippen LogP contribution < -0.4 is 0 Å². The van der Waals surface area contributed by atoms with Crippen LogP contribution in [0.4, 0.5) is 5.69 Å². The molecule has 0 bridgehead atoms. The van der Waals surface area contributed by atoms with Crippen molar-refractivity contribution in [2.45, 2.75) is 6.54 Å². The number of benzene rings is 2. The van der Waals surface area contributed by atoms with Gasteiger partial charge in [-0.25, -0.2) is 4.79 Å². The predicted molar refractivity (Wildman–Crippen MR) is 114 cm³/mol. The van der Waals surface area contributed by atoms with Crippen LogP contribution in [0, 0.1) is 0 Å². The van der Waals surface area contributed by atoms with Crippen LogP contribution in [0.15, 0.2) is 59.7 Å². The van der Waals surface area contributed by atoms with Gasteiger partial charge in [0.1, 0.15) is 6.54 Å². The number of amides is 1. The van der Waals surface area contributed by atoms with Crippen molar-refractivity contribution in [2.75, 3.05) is 33.4 Å². The summed E-state index contributed by atoms with van der Waals surface area (Å²) in [6.07, 6.45) is 3.74. The number of carbonyl (C=O) groups excluding carboxylic acids is 2. The van der Waals surface area contributed by atoms with E-state index in [0.29, 0.717) is 31.9 Å². The number of morpholine rings is 1. The number of ether oxygens (including phenoxy) is 2. The molecule has 154 valence electrons. The number of hydrogen-bond acceptors (Lipinski definition) is 5. The van der Waals surface area contributed by atoms with E-state index in [9.17, 15) is 9.59 Å². The molecule has 0 spiro atoms. The lowest BCUT2D eigenvalue weighted by Crippen LogP contribution is -2.42. The van der Waals surface area contributed by atoms with Gasteiger partial charge in [0.05, 0.1) is 31.6 Å². The zero-order valence-corrected chi connectivity index (χ0v) is 16.8. The maximum absolute atomic E-state index is 12.7. The van der Waals surface area contributed by atoms with Crippen LogP contribution in [0.2, 0.25) is 0 Å². The summed E-state index contributed by atoms with van der Waals surface area (Å²) in [4.78, 5) is 30.6. The zero-order chi connectivity index (χ0) is 20.9. The first-order valence-electron chi connectivity index (χ1n) is 9.81. The summed E-state index contributed by atoms with van der Waals surface area (Å²) < 4.78 is 12.0. The monoisotopic (exact) mass is 405 g/mol. The zero-order valence-electron chi connectivity index (χ0n) is 16.8. The fraction of sp³-hybridized carbons (Fsp3) is 0.261. The van der Waals surface area contributed by atoms with Gasteiger partial charge in [0.15, 0.2) is 0 Å². The molecule has 1 aromatic heterocycles. The van der Waals surface area contributed by atoms with Crippen LogP contribution in [0.3, 0.4) is 0 Å². The number of hydrogen-bond donors (Lipinski definition) is 0. The van der Waals surface area contributed by atoms with Gasteiger partial charge in [0.25, 0.3) is 0 Å². The molecule has 1 aliphatic rings. The SMILES string of the molecule is COC(=O)c1ccc(N=Cc2cn(CC(=O)N3CCOCC3)c3ccccc23)cc1. The molecule has 0 radical (unpaired) electrons. The second-order valence-electron chi connectivity index (χ2n) is 7.02. The fourth-order valence-corrected chi connectivity index (χ4v) is 3.51. The van der Waals surface area contributed by atoms with Crippen molar-refractivity contribution in [1.29, 1.82) is 0 Å². The molecule has 7 heteroatoms. The Labute approximate surface area is 174 Å². The van der Waals surface area contributed by atoms with Crippen molar-refractivity contribution < 1.29 is 19.1 Å². The molecule has 3 aromatic rings. The van der Waals surface area contributed by atoms with E-state index in [-0.39, 0.29) is 18.4 Å². The second-order valence-corrected chi connectivity index (χ2v) is 7.02. The van der Waals surface area contributed by atoms with Crippen LogP contribution in [0.1, 0.15) is 15.9 Å². The fourth-order valence-electron chi connectivity index (χ4n) is 3.51. The van der Waals surface area contributed by atoms with E-state index in [4.69, 9.17) is 9.47 Å². The van der Waals surface area contributed by atoms with Crippen molar-refractivity contribution in [2.24, 2.45) is 4.99 Å². The maximum Gasteiger partial charge on any atom is 0.337 e. The van der Waals surface area contributed by atoms with Crippen molar-refractivity contribution >= 4 is 34.7 Å². The van der Waals surface area contributed by atoms with Gasteiger partial charge in [-0.1, -0.05) is 18.2 Å². The standard InChI is InChI=1S/C23H23N3O4/c1-29-23(28)17-6-8-19(9-7-17)24-14-18-15-26(21-5-3-2-4-20(18)21)16-22(27)25-10-12-30-13-11-25/h2-9,14-15H,10-13,16H2,1H3. The summed E-state index contributed by atoms with van der Waals surface area (Å²) in [5.74, 6) is -0.292. The van der Waals surface area contributed by atoms with Gasteiger partial charge in [-0.2, -0.15) is 0 Å². The molecule has 1 amide bonds. The predicted octanol–water partition coefficient (Wildman–Crippen LogP) is 3.04. The number of nitrogens with zero attached hydrogens (tertiary/aromatic N) is 3. The number of aromatic nitrogens is 1. The topological polar surface area (TPSA) is 73.1 Å². The molecule has 0 N–H and O–H groups in total. The molecule has 4 rings (SSSR count). The maximum atomic E-state index is 12.7. The summed E-state index contributed by atoms with van der Waals surface area (Å²) in [5, 5.41) is 1.03.